The van der Waals surface area contributed by atoms with E-state index in [-0.39, 0.29) is 17.5 Å². The first-order chi connectivity index (χ1) is 14.6. The van der Waals surface area contributed by atoms with Gasteiger partial charge in [-0.1, -0.05) is 0 Å². The molecule has 1 aliphatic heterocycles. The summed E-state index contributed by atoms with van der Waals surface area (Å²) in [7, 11) is 1.79. The predicted octanol–water partition coefficient (Wildman–Crippen LogP) is 3.66. The monoisotopic (exact) mass is 411 g/mol. The second-order valence-electron chi connectivity index (χ2n) is 7.22. The normalized spacial score (nSPS) is 15.0. The van der Waals surface area contributed by atoms with Crippen molar-refractivity contribution in [2.24, 2.45) is 7.05 Å². The summed E-state index contributed by atoms with van der Waals surface area (Å²) < 4.78 is 44.0. The molecule has 0 aliphatic carbocycles. The molecular formula is C21H19F2N5O2. The van der Waals surface area contributed by atoms with Crippen LogP contribution in [0, 0.1) is 11.6 Å². The average Bonchev–Trinajstić information content (AvgIpc) is 3.32. The van der Waals surface area contributed by atoms with Crippen molar-refractivity contribution in [2.75, 3.05) is 13.2 Å². The summed E-state index contributed by atoms with van der Waals surface area (Å²) in [5, 5.41) is 9.38. The number of fused-ring (bicyclic) bond motifs is 1. The first kappa shape index (κ1) is 18.7. The Labute approximate surface area is 170 Å². The largest absolute Gasteiger partial charge is 0.490 e. The number of rotatable bonds is 4. The summed E-state index contributed by atoms with van der Waals surface area (Å²) >= 11 is 0. The van der Waals surface area contributed by atoms with Crippen LogP contribution in [-0.2, 0) is 11.8 Å². The Morgan fingerprint density at radius 2 is 1.90 bits per heavy atom. The van der Waals surface area contributed by atoms with Crippen molar-refractivity contribution in [3.63, 3.8) is 0 Å². The quantitative estimate of drug-likeness (QED) is 0.513. The Kier molecular flexibility index (Phi) is 4.66. The maximum Gasteiger partial charge on any atom is 0.155 e. The van der Waals surface area contributed by atoms with Crippen LogP contribution in [0.4, 0.5) is 8.78 Å². The third-order valence-corrected chi connectivity index (χ3v) is 5.13. The molecule has 1 aliphatic rings. The van der Waals surface area contributed by atoms with Crippen LogP contribution in [-0.4, -0.2) is 43.9 Å². The molecule has 154 valence electrons. The van der Waals surface area contributed by atoms with Gasteiger partial charge in [0.2, 0.25) is 0 Å². The van der Waals surface area contributed by atoms with Gasteiger partial charge in [0.1, 0.15) is 23.2 Å². The van der Waals surface area contributed by atoms with Crippen molar-refractivity contribution >= 4 is 10.9 Å². The van der Waals surface area contributed by atoms with Gasteiger partial charge < -0.3 is 9.47 Å². The lowest BCUT2D eigenvalue weighted by Gasteiger charge is -2.23. The molecule has 7 nitrogen and oxygen atoms in total. The van der Waals surface area contributed by atoms with Gasteiger partial charge >= 0.3 is 0 Å². The minimum atomic E-state index is -0.761. The molecule has 0 spiro atoms. The van der Waals surface area contributed by atoms with Crippen molar-refractivity contribution in [1.29, 1.82) is 0 Å². The van der Waals surface area contributed by atoms with E-state index in [1.54, 1.807) is 36.4 Å². The van der Waals surface area contributed by atoms with Crippen molar-refractivity contribution in [3.05, 3.63) is 54.6 Å². The Morgan fingerprint density at radius 1 is 1.13 bits per heavy atom. The van der Waals surface area contributed by atoms with Crippen LogP contribution in [0.25, 0.3) is 27.8 Å². The molecule has 0 atom stereocenters. The van der Waals surface area contributed by atoms with Gasteiger partial charge in [0.25, 0.3) is 0 Å². The third kappa shape index (κ3) is 3.30. The minimum Gasteiger partial charge on any atom is -0.490 e. The summed E-state index contributed by atoms with van der Waals surface area (Å²) in [6, 6.07) is 4.16. The lowest BCUT2D eigenvalue weighted by Crippen LogP contribution is -2.26. The molecule has 0 unspecified atom stereocenters. The molecular weight excluding hydrogens is 392 g/mol. The highest BCUT2D eigenvalue weighted by molar-refractivity contribution is 5.93. The zero-order chi connectivity index (χ0) is 20.7. The molecule has 5 rings (SSSR count). The van der Waals surface area contributed by atoms with E-state index in [9.17, 15) is 0 Å². The summed E-state index contributed by atoms with van der Waals surface area (Å²) in [6.45, 7) is 1.16. The number of halogens is 2. The number of aromatic nitrogens is 5. The fraction of sp³-hybridized carbons (Fsp3) is 0.286. The molecule has 0 bridgehead atoms. The summed E-state index contributed by atoms with van der Waals surface area (Å²) in [5.74, 6) is -1.37. The standard InChI is InChI=1S/C21H19F2N5O2/c1-27-12-13(10-25-27)20-16-2-5-24-11-19(16)28(26-20)21-17(22)8-15(9-18(21)23)30-14-3-6-29-7-4-14/h2,5,8-12,14H,3-4,6-7H2,1H3. The molecule has 0 saturated carbocycles. The Bertz CT molecular complexity index is 1190. The van der Waals surface area contributed by atoms with Crippen LogP contribution in [0.3, 0.4) is 0 Å². The number of aryl methyl sites for hydroxylation is 1. The first-order valence-electron chi connectivity index (χ1n) is 9.66. The SMILES string of the molecule is Cn1cc(-c2nn(-c3c(F)cc(OC4CCOCC4)cc3F)c3cnccc23)cn1. The van der Waals surface area contributed by atoms with E-state index in [2.05, 4.69) is 15.2 Å². The molecule has 1 fully saturated rings. The molecule has 9 heteroatoms. The van der Waals surface area contributed by atoms with Crippen molar-refractivity contribution < 1.29 is 18.3 Å². The number of benzene rings is 1. The van der Waals surface area contributed by atoms with Crippen LogP contribution in [0.2, 0.25) is 0 Å². The molecule has 0 amide bonds. The van der Waals surface area contributed by atoms with E-state index in [0.29, 0.717) is 37.3 Å². The van der Waals surface area contributed by atoms with Crippen molar-refractivity contribution in [3.8, 4) is 22.7 Å². The fourth-order valence-electron chi connectivity index (χ4n) is 3.69. The zero-order valence-corrected chi connectivity index (χ0v) is 16.3. The van der Waals surface area contributed by atoms with Gasteiger partial charge in [-0.2, -0.15) is 10.2 Å². The topological polar surface area (TPSA) is 67.0 Å². The maximum absolute atomic E-state index is 15.1. The Balaban J connectivity index is 1.58. The Morgan fingerprint density at radius 3 is 2.60 bits per heavy atom. The number of nitrogens with zero attached hydrogens (tertiary/aromatic N) is 5. The van der Waals surface area contributed by atoms with E-state index in [1.165, 1.54) is 23.0 Å². The zero-order valence-electron chi connectivity index (χ0n) is 16.3. The number of ether oxygens (including phenoxy) is 2. The van der Waals surface area contributed by atoms with E-state index in [4.69, 9.17) is 9.47 Å². The van der Waals surface area contributed by atoms with Gasteiger partial charge in [-0.3, -0.25) is 9.67 Å². The molecule has 0 N–H and O–H groups in total. The fourth-order valence-corrected chi connectivity index (χ4v) is 3.69. The van der Waals surface area contributed by atoms with E-state index in [0.717, 1.165) is 10.9 Å². The van der Waals surface area contributed by atoms with Gasteiger partial charge in [0.15, 0.2) is 11.6 Å². The van der Waals surface area contributed by atoms with Crippen LogP contribution in [0.15, 0.2) is 43.0 Å². The third-order valence-electron chi connectivity index (χ3n) is 5.13. The highest BCUT2D eigenvalue weighted by atomic mass is 19.1. The maximum atomic E-state index is 15.1. The number of hydrogen-bond acceptors (Lipinski definition) is 5. The molecule has 1 aromatic carbocycles. The van der Waals surface area contributed by atoms with E-state index in [1.807, 2.05) is 0 Å². The number of hydrogen-bond donors (Lipinski definition) is 0. The minimum absolute atomic E-state index is 0.115. The van der Waals surface area contributed by atoms with Crippen LogP contribution in [0.5, 0.6) is 5.75 Å². The smallest absolute Gasteiger partial charge is 0.155 e. The number of pyridine rings is 1. The lowest BCUT2D eigenvalue weighted by atomic mass is 10.1. The summed E-state index contributed by atoms with van der Waals surface area (Å²) in [4.78, 5) is 4.10. The highest BCUT2D eigenvalue weighted by Gasteiger charge is 2.22. The average molecular weight is 411 g/mol. The van der Waals surface area contributed by atoms with Crippen LogP contribution < -0.4 is 4.74 Å². The van der Waals surface area contributed by atoms with Crippen molar-refractivity contribution in [1.82, 2.24) is 24.5 Å². The van der Waals surface area contributed by atoms with Gasteiger partial charge in [0, 0.05) is 55.4 Å². The first-order valence-corrected chi connectivity index (χ1v) is 9.66. The second kappa shape index (κ2) is 7.49. The van der Waals surface area contributed by atoms with E-state index < -0.39 is 11.6 Å². The molecule has 0 radical (unpaired) electrons. The highest BCUT2D eigenvalue weighted by Crippen LogP contribution is 2.32. The van der Waals surface area contributed by atoms with E-state index >= 15 is 8.78 Å². The van der Waals surface area contributed by atoms with Crippen LogP contribution in [0.1, 0.15) is 12.8 Å². The summed E-state index contributed by atoms with van der Waals surface area (Å²) in [5.41, 5.74) is 1.53. The molecule has 30 heavy (non-hydrogen) atoms. The van der Waals surface area contributed by atoms with Crippen molar-refractivity contribution in [2.45, 2.75) is 18.9 Å². The van der Waals surface area contributed by atoms with Gasteiger partial charge in [-0.05, 0) is 6.07 Å². The van der Waals surface area contributed by atoms with Gasteiger partial charge in [0.05, 0.1) is 31.1 Å². The molecule has 1 saturated heterocycles. The molecule has 4 aromatic rings. The van der Waals surface area contributed by atoms with Gasteiger partial charge in [-0.15, -0.1) is 0 Å². The summed E-state index contributed by atoms with van der Waals surface area (Å²) in [6.07, 6.45) is 7.87. The van der Waals surface area contributed by atoms with Gasteiger partial charge in [-0.25, -0.2) is 13.5 Å². The molecule has 4 heterocycles. The lowest BCUT2D eigenvalue weighted by molar-refractivity contribution is 0.0253. The Hall–Kier alpha value is -3.33. The predicted molar refractivity (Wildman–Crippen MR) is 105 cm³/mol. The molecule has 3 aromatic heterocycles. The van der Waals surface area contributed by atoms with Crippen LogP contribution >= 0.6 is 0 Å². The second-order valence-corrected chi connectivity index (χ2v) is 7.22.